The molecule has 7 heteroatoms. The third-order valence-corrected chi connectivity index (χ3v) is 1.72. The molecule has 4 nitrogen and oxygen atoms in total. The Morgan fingerprint density at radius 1 is 1.75 bits per heavy atom. The van der Waals surface area contributed by atoms with Gasteiger partial charge in [0, 0.05) is 0 Å². The zero-order valence-corrected chi connectivity index (χ0v) is 7.12. The number of aromatic nitrogens is 2. The molecule has 0 aliphatic carbocycles. The quantitative estimate of drug-likeness (QED) is 0.857. The Balaban J connectivity index is 3.21. The first-order chi connectivity index (χ1) is 5.54. The summed E-state index contributed by atoms with van der Waals surface area (Å²) in [6, 6.07) is 0. The summed E-state index contributed by atoms with van der Waals surface area (Å²) in [6.45, 7) is -2.94. The van der Waals surface area contributed by atoms with Gasteiger partial charge in [-0.1, -0.05) is 0 Å². The smallest absolute Gasteiger partial charge is 0.355 e. The number of carbonyl (C=O) groups is 1. The number of alkyl halides is 2. The summed E-state index contributed by atoms with van der Waals surface area (Å²) in [7, 11) is 0. The molecule has 0 spiro atoms. The zero-order chi connectivity index (χ0) is 9.30. The van der Waals surface area contributed by atoms with Crippen LogP contribution in [0, 0.1) is 0 Å². The van der Waals surface area contributed by atoms with Crippen molar-refractivity contribution in [3.05, 3.63) is 16.4 Å². The number of carboxylic acid groups (broad SMARTS) is 1. The molecule has 1 N–H and O–H groups in total. The summed E-state index contributed by atoms with van der Waals surface area (Å²) in [5.41, 5.74) is -0.551. The van der Waals surface area contributed by atoms with E-state index in [9.17, 15) is 13.6 Å². The van der Waals surface area contributed by atoms with Crippen molar-refractivity contribution >= 4 is 21.9 Å². The van der Waals surface area contributed by atoms with Gasteiger partial charge in [-0.3, -0.25) is 0 Å². The van der Waals surface area contributed by atoms with Crippen LogP contribution in [0.4, 0.5) is 8.78 Å². The van der Waals surface area contributed by atoms with E-state index in [1.807, 2.05) is 0 Å². The van der Waals surface area contributed by atoms with Crippen LogP contribution >= 0.6 is 15.9 Å². The normalized spacial score (nSPS) is 10.7. The molecule has 0 radical (unpaired) electrons. The highest BCUT2D eigenvalue weighted by molar-refractivity contribution is 9.10. The van der Waals surface area contributed by atoms with Gasteiger partial charge in [0.2, 0.25) is 0 Å². The van der Waals surface area contributed by atoms with Crippen LogP contribution < -0.4 is 0 Å². The highest BCUT2D eigenvalue weighted by Crippen LogP contribution is 2.20. The molecule has 0 bridgehead atoms. The molecule has 0 saturated heterocycles. The van der Waals surface area contributed by atoms with E-state index < -0.39 is 18.2 Å². The minimum atomic E-state index is -2.94. The largest absolute Gasteiger partial charge is 0.476 e. The number of rotatable bonds is 2. The molecular formula is C5H3BrF2N2O2. The van der Waals surface area contributed by atoms with E-state index in [0.717, 1.165) is 6.20 Å². The fraction of sp³-hybridized carbons (Fsp3) is 0.200. The second kappa shape index (κ2) is 3.18. The Morgan fingerprint density at radius 3 is 2.67 bits per heavy atom. The standard InChI is InChI=1S/C5H3BrF2N2O2/c6-2-1-9-10(5(7)8)3(2)4(11)12/h1,5H,(H,11,12). The van der Waals surface area contributed by atoms with Crippen LogP contribution in [0.3, 0.4) is 0 Å². The molecule has 0 atom stereocenters. The number of hydrogen-bond acceptors (Lipinski definition) is 2. The maximum atomic E-state index is 12.0. The van der Waals surface area contributed by atoms with Crippen molar-refractivity contribution in [1.29, 1.82) is 0 Å². The van der Waals surface area contributed by atoms with Crippen LogP contribution in [0.1, 0.15) is 17.0 Å². The molecule has 0 aliphatic rings. The van der Waals surface area contributed by atoms with Crippen molar-refractivity contribution in [3.63, 3.8) is 0 Å². The first-order valence-electron chi connectivity index (χ1n) is 2.78. The molecule has 1 heterocycles. The van der Waals surface area contributed by atoms with Crippen molar-refractivity contribution in [2.24, 2.45) is 0 Å². The van der Waals surface area contributed by atoms with Gasteiger partial charge >= 0.3 is 12.5 Å². The SMILES string of the molecule is O=C(O)c1c(Br)cnn1C(F)F. The molecule has 0 unspecified atom stereocenters. The number of nitrogens with zero attached hydrogens (tertiary/aromatic N) is 2. The highest BCUT2D eigenvalue weighted by atomic mass is 79.9. The van der Waals surface area contributed by atoms with Gasteiger partial charge in [-0.25, -0.2) is 4.79 Å². The lowest BCUT2D eigenvalue weighted by molar-refractivity contribution is 0.0437. The van der Waals surface area contributed by atoms with E-state index in [1.54, 1.807) is 0 Å². The number of carboxylic acids is 1. The fourth-order valence-corrected chi connectivity index (χ4v) is 1.13. The zero-order valence-electron chi connectivity index (χ0n) is 5.54. The molecule has 0 saturated carbocycles. The van der Waals surface area contributed by atoms with Crippen LogP contribution in [0.25, 0.3) is 0 Å². The Morgan fingerprint density at radius 2 is 2.33 bits per heavy atom. The molecule has 0 aromatic carbocycles. The third-order valence-electron chi connectivity index (χ3n) is 1.14. The third kappa shape index (κ3) is 1.45. The number of hydrogen-bond donors (Lipinski definition) is 1. The maximum Gasteiger partial charge on any atom is 0.355 e. The summed E-state index contributed by atoms with van der Waals surface area (Å²) in [4.78, 5) is 10.4. The van der Waals surface area contributed by atoms with E-state index in [4.69, 9.17) is 5.11 Å². The highest BCUT2D eigenvalue weighted by Gasteiger charge is 2.20. The van der Waals surface area contributed by atoms with E-state index in [2.05, 4.69) is 21.0 Å². The minimum absolute atomic E-state index is 0.0373. The molecular weight excluding hydrogens is 238 g/mol. The Hall–Kier alpha value is -0.980. The molecule has 66 valence electrons. The maximum absolute atomic E-state index is 12.0. The second-order valence-corrected chi connectivity index (χ2v) is 2.72. The Bertz CT molecular complexity index is 312. The van der Waals surface area contributed by atoms with Crippen LogP contribution in [-0.4, -0.2) is 20.9 Å². The monoisotopic (exact) mass is 240 g/mol. The van der Waals surface area contributed by atoms with Crippen molar-refractivity contribution in [1.82, 2.24) is 9.78 Å². The first kappa shape index (κ1) is 9.11. The predicted octanol–water partition coefficient (Wildman–Crippen LogP) is 1.74. The number of halogens is 3. The van der Waals surface area contributed by atoms with Crippen molar-refractivity contribution in [3.8, 4) is 0 Å². The summed E-state index contributed by atoms with van der Waals surface area (Å²) in [5, 5.41) is 11.6. The van der Waals surface area contributed by atoms with Crippen molar-refractivity contribution in [2.45, 2.75) is 6.55 Å². The summed E-state index contributed by atoms with van der Waals surface area (Å²) in [6.07, 6.45) is 1.01. The van der Waals surface area contributed by atoms with E-state index in [-0.39, 0.29) is 9.15 Å². The summed E-state index contributed by atoms with van der Waals surface area (Å²) < 4.78 is 24.2. The van der Waals surface area contributed by atoms with Crippen LogP contribution in [0.15, 0.2) is 10.7 Å². The summed E-state index contributed by atoms with van der Waals surface area (Å²) in [5.74, 6) is -1.44. The fourth-order valence-electron chi connectivity index (χ4n) is 0.689. The van der Waals surface area contributed by atoms with E-state index in [1.165, 1.54) is 0 Å². The Kier molecular flexibility index (Phi) is 2.41. The van der Waals surface area contributed by atoms with Crippen molar-refractivity contribution in [2.75, 3.05) is 0 Å². The molecule has 0 aliphatic heterocycles. The lowest BCUT2D eigenvalue weighted by Crippen LogP contribution is -2.10. The molecule has 12 heavy (non-hydrogen) atoms. The lowest BCUT2D eigenvalue weighted by atomic mass is 10.4. The first-order valence-corrected chi connectivity index (χ1v) is 3.57. The van der Waals surface area contributed by atoms with Crippen molar-refractivity contribution < 1.29 is 18.7 Å². The molecule has 0 fully saturated rings. The predicted molar refractivity (Wildman–Crippen MR) is 38.1 cm³/mol. The van der Waals surface area contributed by atoms with Gasteiger partial charge in [-0.15, -0.1) is 0 Å². The molecule has 1 aromatic rings. The van der Waals surface area contributed by atoms with E-state index >= 15 is 0 Å². The average Bonchev–Trinajstić information content (AvgIpc) is 2.30. The average molecular weight is 241 g/mol. The van der Waals surface area contributed by atoms with Crippen LogP contribution in [0.5, 0.6) is 0 Å². The number of aromatic carboxylic acids is 1. The second-order valence-electron chi connectivity index (χ2n) is 1.87. The van der Waals surface area contributed by atoms with Gasteiger partial charge in [-0.05, 0) is 15.9 Å². The van der Waals surface area contributed by atoms with Gasteiger partial charge in [0.25, 0.3) is 0 Å². The van der Waals surface area contributed by atoms with Gasteiger partial charge in [0.05, 0.1) is 10.7 Å². The van der Waals surface area contributed by atoms with E-state index in [0.29, 0.717) is 0 Å². The van der Waals surface area contributed by atoms with Gasteiger partial charge in [0.15, 0.2) is 5.69 Å². The minimum Gasteiger partial charge on any atom is -0.476 e. The van der Waals surface area contributed by atoms with Crippen LogP contribution in [0.2, 0.25) is 0 Å². The van der Waals surface area contributed by atoms with Gasteiger partial charge < -0.3 is 5.11 Å². The Labute approximate surface area is 73.9 Å². The lowest BCUT2D eigenvalue weighted by Gasteiger charge is -2.00. The van der Waals surface area contributed by atoms with Gasteiger partial charge in [-0.2, -0.15) is 18.6 Å². The topological polar surface area (TPSA) is 55.1 Å². The molecule has 1 aromatic heterocycles. The molecule has 0 amide bonds. The van der Waals surface area contributed by atoms with Gasteiger partial charge in [0.1, 0.15) is 0 Å². The van der Waals surface area contributed by atoms with Crippen LogP contribution in [-0.2, 0) is 0 Å². The molecule has 1 rings (SSSR count). The summed E-state index contributed by atoms with van der Waals surface area (Å²) >= 11 is 2.79.